The SMILES string of the molecule is Cc1cccc(NC(=O)CN(CC2CCCO2)C(=O)/C=C/c2cccc(F)c2)c1C. The van der Waals surface area contributed by atoms with Gasteiger partial charge in [-0.25, -0.2) is 4.39 Å². The molecule has 0 radical (unpaired) electrons. The van der Waals surface area contributed by atoms with Gasteiger partial charge >= 0.3 is 0 Å². The number of hydrogen-bond donors (Lipinski definition) is 1. The average Bonchev–Trinajstić information content (AvgIpc) is 3.22. The van der Waals surface area contributed by atoms with Crippen molar-refractivity contribution >= 4 is 23.6 Å². The molecule has 1 heterocycles. The van der Waals surface area contributed by atoms with Crippen LogP contribution in [0.25, 0.3) is 6.08 Å². The smallest absolute Gasteiger partial charge is 0.247 e. The van der Waals surface area contributed by atoms with Gasteiger partial charge in [0.2, 0.25) is 11.8 Å². The molecule has 2 amide bonds. The van der Waals surface area contributed by atoms with E-state index in [2.05, 4.69) is 5.32 Å². The zero-order valence-electron chi connectivity index (χ0n) is 17.4. The Labute approximate surface area is 176 Å². The van der Waals surface area contributed by atoms with Crippen LogP contribution in [0.15, 0.2) is 48.5 Å². The minimum Gasteiger partial charge on any atom is -0.376 e. The molecule has 2 aromatic carbocycles. The van der Waals surface area contributed by atoms with Crippen molar-refractivity contribution in [2.24, 2.45) is 0 Å². The number of rotatable bonds is 7. The minimum atomic E-state index is -0.367. The third kappa shape index (κ3) is 6.00. The molecule has 1 fully saturated rings. The molecule has 1 aliphatic heterocycles. The van der Waals surface area contributed by atoms with Crippen LogP contribution < -0.4 is 5.32 Å². The predicted molar refractivity (Wildman–Crippen MR) is 116 cm³/mol. The fourth-order valence-electron chi connectivity index (χ4n) is 3.40. The molecule has 0 aliphatic carbocycles. The highest BCUT2D eigenvalue weighted by Gasteiger charge is 2.23. The minimum absolute atomic E-state index is 0.0787. The summed E-state index contributed by atoms with van der Waals surface area (Å²) in [7, 11) is 0. The highest BCUT2D eigenvalue weighted by atomic mass is 19.1. The monoisotopic (exact) mass is 410 g/mol. The largest absolute Gasteiger partial charge is 0.376 e. The van der Waals surface area contributed by atoms with E-state index in [9.17, 15) is 14.0 Å². The molecule has 0 saturated carbocycles. The fourth-order valence-corrected chi connectivity index (χ4v) is 3.40. The number of nitrogens with one attached hydrogen (secondary N) is 1. The summed E-state index contributed by atoms with van der Waals surface area (Å²) in [5.41, 5.74) is 3.40. The number of carbonyl (C=O) groups excluding carboxylic acids is 2. The van der Waals surface area contributed by atoms with Crippen molar-refractivity contribution in [1.82, 2.24) is 4.90 Å². The Kier molecular flexibility index (Phi) is 7.36. The van der Waals surface area contributed by atoms with Crippen LogP contribution in [0.3, 0.4) is 0 Å². The summed E-state index contributed by atoms with van der Waals surface area (Å²) in [6.07, 6.45) is 4.65. The van der Waals surface area contributed by atoms with Gasteiger partial charge in [-0.2, -0.15) is 0 Å². The molecular formula is C24H27FN2O3. The topological polar surface area (TPSA) is 58.6 Å². The standard InChI is InChI=1S/C24H27FN2O3/c1-17-6-3-10-22(18(17)2)26-23(28)16-27(15-21-9-5-13-30-21)24(29)12-11-19-7-4-8-20(25)14-19/h3-4,6-8,10-12,14,21H,5,9,13,15-16H2,1-2H3,(H,26,28)/b12-11+. The molecule has 0 spiro atoms. The van der Waals surface area contributed by atoms with E-state index < -0.39 is 0 Å². The van der Waals surface area contributed by atoms with Crippen molar-refractivity contribution in [3.63, 3.8) is 0 Å². The van der Waals surface area contributed by atoms with Crippen molar-refractivity contribution in [2.75, 3.05) is 25.0 Å². The van der Waals surface area contributed by atoms with Gasteiger partial charge < -0.3 is 15.0 Å². The Hall–Kier alpha value is -2.99. The summed E-state index contributed by atoms with van der Waals surface area (Å²) in [6, 6.07) is 11.7. The molecular weight excluding hydrogens is 383 g/mol. The summed E-state index contributed by atoms with van der Waals surface area (Å²) in [4.78, 5) is 27.0. The van der Waals surface area contributed by atoms with Crippen molar-refractivity contribution in [3.05, 3.63) is 71.0 Å². The van der Waals surface area contributed by atoms with Gasteiger partial charge in [0.1, 0.15) is 12.4 Å². The summed E-state index contributed by atoms with van der Waals surface area (Å²) in [6.45, 7) is 4.85. The molecule has 6 heteroatoms. The first-order chi connectivity index (χ1) is 14.4. The predicted octanol–water partition coefficient (Wildman–Crippen LogP) is 4.10. The first kappa shape index (κ1) is 21.7. The average molecular weight is 410 g/mol. The van der Waals surface area contributed by atoms with E-state index in [1.54, 1.807) is 18.2 Å². The summed E-state index contributed by atoms with van der Waals surface area (Å²) < 4.78 is 19.0. The lowest BCUT2D eigenvalue weighted by atomic mass is 10.1. The van der Waals surface area contributed by atoms with Crippen molar-refractivity contribution < 1.29 is 18.7 Å². The first-order valence-electron chi connectivity index (χ1n) is 10.1. The molecule has 1 aliphatic rings. The van der Waals surface area contributed by atoms with Crippen LogP contribution in [0.4, 0.5) is 10.1 Å². The third-order valence-electron chi connectivity index (χ3n) is 5.24. The molecule has 1 unspecified atom stereocenters. The number of nitrogens with zero attached hydrogens (tertiary/aromatic N) is 1. The number of anilines is 1. The lowest BCUT2D eigenvalue weighted by Crippen LogP contribution is -2.41. The van der Waals surface area contributed by atoms with Gasteiger partial charge in [0.15, 0.2) is 0 Å². The molecule has 158 valence electrons. The van der Waals surface area contributed by atoms with Crippen LogP contribution in [0.2, 0.25) is 0 Å². The Morgan fingerprint density at radius 3 is 2.77 bits per heavy atom. The third-order valence-corrected chi connectivity index (χ3v) is 5.24. The highest BCUT2D eigenvalue weighted by molar-refractivity contribution is 5.98. The van der Waals surface area contributed by atoms with Gasteiger partial charge in [-0.3, -0.25) is 9.59 Å². The molecule has 5 nitrogen and oxygen atoms in total. The number of halogens is 1. The van der Waals surface area contributed by atoms with Crippen LogP contribution in [0.5, 0.6) is 0 Å². The van der Waals surface area contributed by atoms with Crippen molar-refractivity contribution in [1.29, 1.82) is 0 Å². The number of amides is 2. The van der Waals surface area contributed by atoms with Gasteiger partial charge in [-0.15, -0.1) is 0 Å². The normalized spacial score (nSPS) is 16.0. The summed E-state index contributed by atoms with van der Waals surface area (Å²) in [5.74, 6) is -0.950. The van der Waals surface area contributed by atoms with Gasteiger partial charge in [-0.1, -0.05) is 24.3 Å². The van der Waals surface area contributed by atoms with E-state index in [0.717, 1.165) is 29.7 Å². The van der Waals surface area contributed by atoms with E-state index in [1.165, 1.54) is 23.1 Å². The van der Waals surface area contributed by atoms with Crippen molar-refractivity contribution in [3.8, 4) is 0 Å². The van der Waals surface area contributed by atoms with Crippen LogP contribution in [0, 0.1) is 19.7 Å². The Bertz CT molecular complexity index is 936. The Morgan fingerprint density at radius 2 is 2.03 bits per heavy atom. The molecule has 3 rings (SSSR count). The molecule has 1 N–H and O–H groups in total. The van der Waals surface area contributed by atoms with Crippen molar-refractivity contribution in [2.45, 2.75) is 32.8 Å². The lowest BCUT2D eigenvalue weighted by Gasteiger charge is -2.24. The van der Waals surface area contributed by atoms with Gasteiger partial charge in [0, 0.05) is 24.9 Å². The molecule has 1 atom stereocenters. The fraction of sp³-hybridized carbons (Fsp3) is 0.333. The quantitative estimate of drug-likeness (QED) is 0.699. The molecule has 30 heavy (non-hydrogen) atoms. The van der Waals surface area contributed by atoms with Gasteiger partial charge in [-0.05, 0) is 67.7 Å². The molecule has 0 aromatic heterocycles. The van der Waals surface area contributed by atoms with Gasteiger partial charge in [0.05, 0.1) is 6.10 Å². The number of ether oxygens (including phenoxy) is 1. The second kappa shape index (κ2) is 10.2. The number of hydrogen-bond acceptors (Lipinski definition) is 3. The first-order valence-corrected chi connectivity index (χ1v) is 10.1. The van der Waals surface area contributed by atoms with Crippen LogP contribution in [-0.4, -0.2) is 42.5 Å². The maximum absolute atomic E-state index is 13.4. The molecule has 1 saturated heterocycles. The maximum Gasteiger partial charge on any atom is 0.247 e. The zero-order chi connectivity index (χ0) is 21.5. The Balaban J connectivity index is 1.70. The van der Waals surface area contributed by atoms with E-state index in [0.29, 0.717) is 18.7 Å². The zero-order valence-corrected chi connectivity index (χ0v) is 17.4. The van der Waals surface area contributed by atoms with Gasteiger partial charge in [0.25, 0.3) is 0 Å². The summed E-state index contributed by atoms with van der Waals surface area (Å²) in [5, 5.41) is 2.90. The summed E-state index contributed by atoms with van der Waals surface area (Å²) >= 11 is 0. The van der Waals surface area contributed by atoms with Crippen LogP contribution in [-0.2, 0) is 14.3 Å². The highest BCUT2D eigenvalue weighted by Crippen LogP contribution is 2.18. The van der Waals surface area contributed by atoms with Crippen LogP contribution >= 0.6 is 0 Å². The number of carbonyl (C=O) groups is 2. The van der Waals surface area contributed by atoms with E-state index in [4.69, 9.17) is 4.74 Å². The van der Waals surface area contributed by atoms with E-state index in [1.807, 2.05) is 32.0 Å². The molecule has 2 aromatic rings. The number of aryl methyl sites for hydroxylation is 1. The molecule has 0 bridgehead atoms. The van der Waals surface area contributed by atoms with E-state index >= 15 is 0 Å². The lowest BCUT2D eigenvalue weighted by molar-refractivity contribution is -0.131. The second-order valence-electron chi connectivity index (χ2n) is 7.54. The second-order valence-corrected chi connectivity index (χ2v) is 7.54. The number of benzene rings is 2. The van der Waals surface area contributed by atoms with E-state index in [-0.39, 0.29) is 30.3 Å². The van der Waals surface area contributed by atoms with Crippen LogP contribution in [0.1, 0.15) is 29.5 Å². The Morgan fingerprint density at radius 1 is 1.23 bits per heavy atom. The maximum atomic E-state index is 13.4.